The maximum Gasteiger partial charge on any atom is 0.0511 e. The predicted molar refractivity (Wildman–Crippen MR) is 49.0 cm³/mol. The van der Waals surface area contributed by atoms with E-state index in [9.17, 15) is 0 Å². The third-order valence-electron chi connectivity index (χ3n) is 1.54. The molecule has 0 unspecified atom stereocenters. The zero-order valence-electron chi connectivity index (χ0n) is 6.66. The molecule has 1 rings (SSSR count). The van der Waals surface area contributed by atoms with Crippen molar-refractivity contribution in [3.8, 4) is 0 Å². The lowest BCUT2D eigenvalue weighted by Crippen LogP contribution is -1.82. The number of rotatable bonds is 2. The lowest BCUT2D eigenvalue weighted by Gasteiger charge is -1.99. The van der Waals surface area contributed by atoms with E-state index >= 15 is 0 Å². The molecule has 0 aromatic heterocycles. The molecular formula is C8H8ClN3. The lowest BCUT2D eigenvalue weighted by atomic mass is 10.1. The van der Waals surface area contributed by atoms with Gasteiger partial charge in [-0.25, -0.2) is 0 Å². The number of benzene rings is 1. The molecule has 0 fully saturated rings. The van der Waals surface area contributed by atoms with E-state index in [0.717, 1.165) is 16.1 Å². The minimum absolute atomic E-state index is 0.383. The maximum atomic E-state index is 8.08. The normalized spacial score (nSPS) is 9.17. The summed E-state index contributed by atoms with van der Waals surface area (Å²) in [7, 11) is 0. The lowest BCUT2D eigenvalue weighted by molar-refractivity contribution is 1.04. The molecule has 0 N–H and O–H groups in total. The Morgan fingerprint density at radius 3 is 2.92 bits per heavy atom. The first kappa shape index (κ1) is 8.91. The standard InChI is InChI=1S/C8H8ClN3/c1-6-4-7(5-11-12-10)2-3-8(6)9/h2-4H,5H2,1H3. The molecule has 0 radical (unpaired) electrons. The van der Waals surface area contributed by atoms with Crippen LogP contribution in [0.5, 0.6) is 0 Å². The number of hydrogen-bond acceptors (Lipinski definition) is 1. The van der Waals surface area contributed by atoms with E-state index in [-0.39, 0.29) is 0 Å². The van der Waals surface area contributed by atoms with Crippen molar-refractivity contribution in [3.05, 3.63) is 44.8 Å². The summed E-state index contributed by atoms with van der Waals surface area (Å²) in [6.07, 6.45) is 0. The van der Waals surface area contributed by atoms with Gasteiger partial charge in [-0.05, 0) is 29.6 Å². The second-order valence-electron chi connectivity index (χ2n) is 2.47. The largest absolute Gasteiger partial charge is 0.0893 e. The van der Waals surface area contributed by atoms with Gasteiger partial charge in [-0.1, -0.05) is 28.8 Å². The van der Waals surface area contributed by atoms with E-state index in [1.807, 2.05) is 19.1 Å². The second-order valence-corrected chi connectivity index (χ2v) is 2.88. The summed E-state index contributed by atoms with van der Waals surface area (Å²) in [4.78, 5) is 2.68. The van der Waals surface area contributed by atoms with Crippen molar-refractivity contribution in [3.63, 3.8) is 0 Å². The molecule has 62 valence electrons. The molecule has 0 saturated carbocycles. The fourth-order valence-corrected chi connectivity index (χ4v) is 1.04. The summed E-state index contributed by atoms with van der Waals surface area (Å²) in [5.74, 6) is 0. The quantitative estimate of drug-likeness (QED) is 0.381. The first-order chi connectivity index (χ1) is 5.74. The fourth-order valence-electron chi connectivity index (χ4n) is 0.918. The van der Waals surface area contributed by atoms with Crippen LogP contribution in [0.2, 0.25) is 5.02 Å². The number of nitrogens with zero attached hydrogens (tertiary/aromatic N) is 3. The molecule has 0 amide bonds. The SMILES string of the molecule is Cc1cc(CN=[N+]=[N-])ccc1Cl. The fraction of sp³-hybridized carbons (Fsp3) is 0.250. The summed E-state index contributed by atoms with van der Waals surface area (Å²) in [6, 6.07) is 5.57. The van der Waals surface area contributed by atoms with Crippen LogP contribution in [0.4, 0.5) is 0 Å². The van der Waals surface area contributed by atoms with Crippen LogP contribution in [-0.2, 0) is 6.54 Å². The van der Waals surface area contributed by atoms with E-state index in [4.69, 9.17) is 17.1 Å². The second kappa shape index (κ2) is 4.00. The molecule has 0 bridgehead atoms. The number of halogens is 1. The Morgan fingerprint density at radius 2 is 2.33 bits per heavy atom. The van der Waals surface area contributed by atoms with Crippen molar-refractivity contribution in [1.82, 2.24) is 0 Å². The average Bonchev–Trinajstić information content (AvgIpc) is 2.07. The van der Waals surface area contributed by atoms with Crippen molar-refractivity contribution >= 4 is 11.6 Å². The Kier molecular flexibility index (Phi) is 2.97. The molecule has 0 spiro atoms. The molecule has 0 atom stereocenters. The highest BCUT2D eigenvalue weighted by Gasteiger charge is 1.95. The van der Waals surface area contributed by atoms with Gasteiger partial charge in [0.25, 0.3) is 0 Å². The minimum Gasteiger partial charge on any atom is -0.0893 e. The Hall–Kier alpha value is -1.18. The molecule has 0 saturated heterocycles. The highest BCUT2D eigenvalue weighted by Crippen LogP contribution is 2.16. The highest BCUT2D eigenvalue weighted by atomic mass is 35.5. The highest BCUT2D eigenvalue weighted by molar-refractivity contribution is 6.31. The first-order valence-corrected chi connectivity index (χ1v) is 3.87. The van der Waals surface area contributed by atoms with Crippen molar-refractivity contribution in [2.45, 2.75) is 13.5 Å². The molecule has 12 heavy (non-hydrogen) atoms. The van der Waals surface area contributed by atoms with Gasteiger partial charge in [0, 0.05) is 9.93 Å². The summed E-state index contributed by atoms with van der Waals surface area (Å²) in [6.45, 7) is 2.30. The first-order valence-electron chi connectivity index (χ1n) is 3.50. The summed E-state index contributed by atoms with van der Waals surface area (Å²) < 4.78 is 0. The molecule has 4 heteroatoms. The van der Waals surface area contributed by atoms with Crippen LogP contribution < -0.4 is 0 Å². The van der Waals surface area contributed by atoms with Crippen LogP contribution in [-0.4, -0.2) is 0 Å². The van der Waals surface area contributed by atoms with Crippen molar-refractivity contribution < 1.29 is 0 Å². The van der Waals surface area contributed by atoms with Crippen molar-refractivity contribution in [2.75, 3.05) is 0 Å². The molecule has 3 nitrogen and oxygen atoms in total. The van der Waals surface area contributed by atoms with Crippen LogP contribution in [0.1, 0.15) is 11.1 Å². The molecule has 0 aliphatic rings. The third-order valence-corrected chi connectivity index (χ3v) is 1.96. The summed E-state index contributed by atoms with van der Waals surface area (Å²) in [5.41, 5.74) is 10.1. The zero-order chi connectivity index (χ0) is 8.97. The summed E-state index contributed by atoms with van der Waals surface area (Å²) >= 11 is 5.81. The summed E-state index contributed by atoms with van der Waals surface area (Å²) in [5, 5.41) is 4.19. The number of hydrogen-bond donors (Lipinski definition) is 0. The van der Waals surface area contributed by atoms with Crippen LogP contribution in [0.15, 0.2) is 23.3 Å². The van der Waals surface area contributed by atoms with Gasteiger partial charge in [0.05, 0.1) is 6.54 Å². The van der Waals surface area contributed by atoms with Crippen LogP contribution in [0, 0.1) is 6.92 Å². The molecular weight excluding hydrogens is 174 g/mol. The maximum absolute atomic E-state index is 8.08. The molecule has 0 aliphatic carbocycles. The Labute approximate surface area is 75.6 Å². The molecule has 1 aromatic carbocycles. The monoisotopic (exact) mass is 181 g/mol. The third kappa shape index (κ3) is 2.16. The van der Waals surface area contributed by atoms with E-state index in [1.54, 1.807) is 6.07 Å². The topological polar surface area (TPSA) is 48.8 Å². The Balaban J connectivity index is 2.89. The van der Waals surface area contributed by atoms with Crippen LogP contribution >= 0.6 is 11.6 Å². The predicted octanol–water partition coefficient (Wildman–Crippen LogP) is 3.46. The van der Waals surface area contributed by atoms with Gasteiger partial charge in [-0.3, -0.25) is 0 Å². The molecule has 0 aliphatic heterocycles. The van der Waals surface area contributed by atoms with Crippen LogP contribution in [0.3, 0.4) is 0 Å². The van der Waals surface area contributed by atoms with Gasteiger partial charge < -0.3 is 0 Å². The van der Waals surface area contributed by atoms with Gasteiger partial charge >= 0.3 is 0 Å². The Bertz CT molecular complexity index is 329. The van der Waals surface area contributed by atoms with Gasteiger partial charge in [0.15, 0.2) is 0 Å². The zero-order valence-corrected chi connectivity index (χ0v) is 7.41. The Morgan fingerprint density at radius 1 is 1.58 bits per heavy atom. The minimum atomic E-state index is 0.383. The van der Waals surface area contributed by atoms with Crippen molar-refractivity contribution in [2.24, 2.45) is 5.11 Å². The number of azide groups is 1. The van der Waals surface area contributed by atoms with Gasteiger partial charge in [0.1, 0.15) is 0 Å². The van der Waals surface area contributed by atoms with E-state index < -0.39 is 0 Å². The smallest absolute Gasteiger partial charge is 0.0511 e. The van der Waals surface area contributed by atoms with Crippen molar-refractivity contribution in [1.29, 1.82) is 0 Å². The van der Waals surface area contributed by atoms with Gasteiger partial charge in [-0.15, -0.1) is 0 Å². The number of aryl methyl sites for hydroxylation is 1. The van der Waals surface area contributed by atoms with E-state index in [0.29, 0.717) is 6.54 Å². The molecule has 0 heterocycles. The van der Waals surface area contributed by atoms with Gasteiger partial charge in [-0.2, -0.15) is 0 Å². The van der Waals surface area contributed by atoms with E-state index in [2.05, 4.69) is 10.0 Å². The average molecular weight is 182 g/mol. The molecule has 1 aromatic rings. The van der Waals surface area contributed by atoms with E-state index in [1.165, 1.54) is 0 Å². The van der Waals surface area contributed by atoms with Gasteiger partial charge in [0.2, 0.25) is 0 Å². The van der Waals surface area contributed by atoms with Crippen LogP contribution in [0.25, 0.3) is 10.4 Å².